The minimum Gasteiger partial charge on any atom is -0.448 e. The molecule has 0 aromatic heterocycles. The third-order valence-electron chi connectivity index (χ3n) is 4.46. The highest BCUT2D eigenvalue weighted by Gasteiger charge is 2.33. The number of ether oxygens (including phenoxy) is 2. The minimum atomic E-state index is -0.377. The first kappa shape index (κ1) is 15.6. The van der Waals surface area contributed by atoms with Crippen molar-refractivity contribution in [1.29, 1.82) is 0 Å². The number of amides is 2. The quantitative estimate of drug-likeness (QED) is 0.927. The average molecular weight is 318 g/mol. The van der Waals surface area contributed by atoms with E-state index >= 15 is 0 Å². The molecule has 6 heteroatoms. The summed E-state index contributed by atoms with van der Waals surface area (Å²) in [7, 11) is 0. The molecule has 2 fully saturated rings. The van der Waals surface area contributed by atoms with Crippen LogP contribution in [0.25, 0.3) is 0 Å². The lowest BCUT2D eigenvalue weighted by Gasteiger charge is -2.33. The van der Waals surface area contributed by atoms with E-state index < -0.39 is 0 Å². The van der Waals surface area contributed by atoms with Crippen LogP contribution in [0.3, 0.4) is 0 Å². The van der Waals surface area contributed by atoms with Gasteiger partial charge in [0.1, 0.15) is 13.2 Å². The third kappa shape index (κ3) is 4.15. The van der Waals surface area contributed by atoms with Crippen molar-refractivity contribution in [1.82, 2.24) is 10.2 Å². The van der Waals surface area contributed by atoms with Gasteiger partial charge in [-0.1, -0.05) is 30.3 Å². The maximum atomic E-state index is 11.9. The lowest BCUT2D eigenvalue weighted by atomic mass is 9.90. The van der Waals surface area contributed by atoms with Gasteiger partial charge in [-0.2, -0.15) is 0 Å². The monoisotopic (exact) mass is 318 g/mol. The van der Waals surface area contributed by atoms with Crippen LogP contribution in [0.2, 0.25) is 0 Å². The summed E-state index contributed by atoms with van der Waals surface area (Å²) in [5.41, 5.74) is 0.971. The summed E-state index contributed by atoms with van der Waals surface area (Å²) in [4.78, 5) is 25.2. The Morgan fingerprint density at radius 3 is 2.61 bits per heavy atom. The smallest absolute Gasteiger partial charge is 0.410 e. The van der Waals surface area contributed by atoms with Crippen molar-refractivity contribution in [3.8, 4) is 0 Å². The summed E-state index contributed by atoms with van der Waals surface area (Å²) in [6.45, 7) is 1.45. The van der Waals surface area contributed by atoms with E-state index in [4.69, 9.17) is 9.47 Å². The fourth-order valence-corrected chi connectivity index (χ4v) is 3.20. The molecule has 0 spiro atoms. The lowest BCUT2D eigenvalue weighted by molar-refractivity contribution is 0.121. The molecular weight excluding hydrogens is 296 g/mol. The first-order valence-corrected chi connectivity index (χ1v) is 8.13. The van der Waals surface area contributed by atoms with E-state index in [1.54, 1.807) is 0 Å². The molecule has 1 aromatic rings. The molecule has 0 bridgehead atoms. The largest absolute Gasteiger partial charge is 0.448 e. The summed E-state index contributed by atoms with van der Waals surface area (Å²) in [6, 6.07) is 9.97. The zero-order valence-electron chi connectivity index (χ0n) is 13.1. The van der Waals surface area contributed by atoms with Gasteiger partial charge in [-0.15, -0.1) is 0 Å². The summed E-state index contributed by atoms with van der Waals surface area (Å²) >= 11 is 0. The van der Waals surface area contributed by atoms with E-state index in [2.05, 4.69) is 5.32 Å². The highest BCUT2D eigenvalue weighted by Crippen LogP contribution is 2.25. The summed E-state index contributed by atoms with van der Waals surface area (Å²) < 4.78 is 10.2. The summed E-state index contributed by atoms with van der Waals surface area (Å²) in [5.74, 6) is 0. The van der Waals surface area contributed by atoms with Crippen molar-refractivity contribution in [3.63, 3.8) is 0 Å². The number of hydrogen-bond donors (Lipinski definition) is 1. The van der Waals surface area contributed by atoms with Gasteiger partial charge in [-0.3, -0.25) is 0 Å². The maximum absolute atomic E-state index is 11.9. The molecule has 124 valence electrons. The first-order valence-electron chi connectivity index (χ1n) is 8.13. The standard InChI is InChI=1S/C17H22N2O4/c20-16(23-12-13-4-2-1-3-5-13)18-14-6-8-15(9-7-14)19-10-11-22-17(19)21/h1-5,14-15H,6-12H2,(H,18,20). The number of nitrogens with zero attached hydrogens (tertiary/aromatic N) is 1. The van der Waals surface area contributed by atoms with Crippen LogP contribution in [0.15, 0.2) is 30.3 Å². The van der Waals surface area contributed by atoms with Crippen LogP contribution < -0.4 is 5.32 Å². The van der Waals surface area contributed by atoms with Gasteiger partial charge in [0.25, 0.3) is 0 Å². The topological polar surface area (TPSA) is 67.9 Å². The maximum Gasteiger partial charge on any atom is 0.410 e. The molecule has 23 heavy (non-hydrogen) atoms. The Morgan fingerprint density at radius 1 is 1.22 bits per heavy atom. The Morgan fingerprint density at radius 2 is 1.96 bits per heavy atom. The fraction of sp³-hybridized carbons (Fsp3) is 0.529. The van der Waals surface area contributed by atoms with Gasteiger partial charge in [-0.05, 0) is 31.2 Å². The number of hydrogen-bond acceptors (Lipinski definition) is 4. The van der Waals surface area contributed by atoms with Gasteiger partial charge in [0.15, 0.2) is 0 Å². The van der Waals surface area contributed by atoms with Crippen LogP contribution in [-0.4, -0.2) is 42.3 Å². The average Bonchev–Trinajstić information content (AvgIpc) is 3.01. The molecule has 1 aliphatic heterocycles. The normalized spacial score (nSPS) is 24.2. The highest BCUT2D eigenvalue weighted by molar-refractivity contribution is 5.70. The second kappa shape index (κ2) is 7.35. The molecule has 2 amide bonds. The van der Waals surface area contributed by atoms with Crippen molar-refractivity contribution in [2.45, 2.75) is 44.4 Å². The zero-order valence-corrected chi connectivity index (χ0v) is 13.1. The first-order chi connectivity index (χ1) is 11.2. The van der Waals surface area contributed by atoms with Crippen molar-refractivity contribution < 1.29 is 19.1 Å². The van der Waals surface area contributed by atoms with Crippen LogP contribution in [0.1, 0.15) is 31.2 Å². The van der Waals surface area contributed by atoms with E-state index in [1.165, 1.54) is 0 Å². The molecule has 1 N–H and O–H groups in total. The van der Waals surface area contributed by atoms with Gasteiger partial charge in [0.05, 0.1) is 6.54 Å². The molecular formula is C17H22N2O4. The van der Waals surface area contributed by atoms with E-state index in [0.717, 1.165) is 31.2 Å². The van der Waals surface area contributed by atoms with E-state index in [1.807, 2.05) is 35.2 Å². The SMILES string of the molecule is O=C(NC1CCC(N2CCOC2=O)CC1)OCc1ccccc1. The Hall–Kier alpha value is -2.24. The number of carbonyl (C=O) groups is 2. The minimum absolute atomic E-state index is 0.119. The van der Waals surface area contributed by atoms with Gasteiger partial charge < -0.3 is 19.7 Å². The lowest BCUT2D eigenvalue weighted by Crippen LogP contribution is -2.44. The number of rotatable bonds is 4. The number of nitrogens with one attached hydrogen (secondary N) is 1. The number of carbonyl (C=O) groups excluding carboxylic acids is 2. The molecule has 0 unspecified atom stereocenters. The van der Waals surface area contributed by atoms with Crippen molar-refractivity contribution in [2.75, 3.05) is 13.2 Å². The second-order valence-electron chi connectivity index (χ2n) is 6.02. The van der Waals surface area contributed by atoms with Crippen LogP contribution in [0, 0.1) is 0 Å². The molecule has 2 aliphatic rings. The third-order valence-corrected chi connectivity index (χ3v) is 4.46. The second-order valence-corrected chi connectivity index (χ2v) is 6.02. The molecule has 1 aromatic carbocycles. The van der Waals surface area contributed by atoms with Gasteiger partial charge in [0.2, 0.25) is 0 Å². The molecule has 0 radical (unpaired) electrons. The van der Waals surface area contributed by atoms with Gasteiger partial charge in [0, 0.05) is 12.1 Å². The van der Waals surface area contributed by atoms with Gasteiger partial charge in [-0.25, -0.2) is 9.59 Å². The molecule has 1 saturated heterocycles. The Labute approximate surface area is 135 Å². The van der Waals surface area contributed by atoms with Crippen LogP contribution in [-0.2, 0) is 16.1 Å². The molecule has 6 nitrogen and oxygen atoms in total. The van der Waals surface area contributed by atoms with Crippen molar-refractivity contribution in [2.24, 2.45) is 0 Å². The van der Waals surface area contributed by atoms with Crippen molar-refractivity contribution >= 4 is 12.2 Å². The van der Waals surface area contributed by atoms with E-state index in [0.29, 0.717) is 13.2 Å². The zero-order chi connectivity index (χ0) is 16.1. The molecule has 1 heterocycles. The molecule has 1 saturated carbocycles. The van der Waals surface area contributed by atoms with Crippen LogP contribution >= 0.6 is 0 Å². The summed E-state index contributed by atoms with van der Waals surface area (Å²) in [6.07, 6.45) is 2.91. The van der Waals surface area contributed by atoms with Gasteiger partial charge >= 0.3 is 12.2 Å². The Balaban J connectivity index is 1.38. The van der Waals surface area contributed by atoms with Crippen LogP contribution in [0.4, 0.5) is 9.59 Å². The molecule has 1 aliphatic carbocycles. The predicted octanol–water partition coefficient (Wildman–Crippen LogP) is 2.68. The predicted molar refractivity (Wildman–Crippen MR) is 83.9 cm³/mol. The Kier molecular flexibility index (Phi) is 5.00. The number of benzene rings is 1. The summed E-state index contributed by atoms with van der Waals surface area (Å²) in [5, 5.41) is 2.92. The van der Waals surface area contributed by atoms with Crippen molar-refractivity contribution in [3.05, 3.63) is 35.9 Å². The fourth-order valence-electron chi connectivity index (χ4n) is 3.20. The van der Waals surface area contributed by atoms with E-state index in [-0.39, 0.29) is 30.9 Å². The number of alkyl carbamates (subject to hydrolysis) is 1. The van der Waals surface area contributed by atoms with E-state index in [9.17, 15) is 9.59 Å². The van der Waals surface area contributed by atoms with Crippen LogP contribution in [0.5, 0.6) is 0 Å². The molecule has 3 rings (SSSR count). The number of cyclic esters (lactones) is 1. The molecule has 0 atom stereocenters. The highest BCUT2D eigenvalue weighted by atomic mass is 16.6. The Bertz CT molecular complexity index is 541.